The molecule has 0 aromatic heterocycles. The van der Waals surface area contributed by atoms with Gasteiger partial charge in [-0.1, -0.05) is 0 Å². The summed E-state index contributed by atoms with van der Waals surface area (Å²) in [5.74, 6) is -0.00280. The van der Waals surface area contributed by atoms with Crippen LogP contribution in [0, 0.1) is 17.7 Å². The van der Waals surface area contributed by atoms with Crippen LogP contribution in [0.3, 0.4) is 0 Å². The van der Waals surface area contributed by atoms with Gasteiger partial charge in [-0.3, -0.25) is 0 Å². The zero-order valence-electron chi connectivity index (χ0n) is 13.4. The second kappa shape index (κ2) is 7.35. The largest absolute Gasteiger partial charge is 0.490 e. The van der Waals surface area contributed by atoms with Gasteiger partial charge < -0.3 is 15.2 Å². The highest BCUT2D eigenvalue weighted by molar-refractivity contribution is 7.89. The van der Waals surface area contributed by atoms with Crippen LogP contribution in [-0.4, -0.2) is 40.8 Å². The van der Waals surface area contributed by atoms with Crippen molar-refractivity contribution in [1.29, 1.82) is 0 Å². The lowest BCUT2D eigenvalue weighted by atomic mass is 10.1. The van der Waals surface area contributed by atoms with E-state index < -0.39 is 15.8 Å². The third kappa shape index (κ3) is 4.44. The van der Waals surface area contributed by atoms with Crippen LogP contribution >= 0.6 is 0 Å². The predicted octanol–water partition coefficient (Wildman–Crippen LogP) is 1.26. The smallest absolute Gasteiger partial charge is 0.240 e. The lowest BCUT2D eigenvalue weighted by molar-refractivity contribution is 0.165. The minimum absolute atomic E-state index is 0.0514. The first-order valence-corrected chi connectivity index (χ1v) is 9.69. The summed E-state index contributed by atoms with van der Waals surface area (Å²) in [6.45, 7) is 1.83. The number of hydrogen-bond donors (Lipinski definition) is 2. The van der Waals surface area contributed by atoms with Gasteiger partial charge in [-0.2, -0.15) is 0 Å². The van der Waals surface area contributed by atoms with Crippen molar-refractivity contribution >= 4 is 10.0 Å². The molecule has 8 heteroatoms. The summed E-state index contributed by atoms with van der Waals surface area (Å²) < 4.78 is 51.7. The highest BCUT2D eigenvalue weighted by atomic mass is 32.2. The fourth-order valence-electron chi connectivity index (χ4n) is 2.67. The van der Waals surface area contributed by atoms with Crippen molar-refractivity contribution in [3.63, 3.8) is 0 Å². The lowest BCUT2D eigenvalue weighted by Gasteiger charge is -2.14. The molecular weight excluding hydrogens is 335 g/mol. The molecule has 2 unspecified atom stereocenters. The van der Waals surface area contributed by atoms with Crippen molar-refractivity contribution in [2.24, 2.45) is 17.6 Å². The zero-order chi connectivity index (χ0) is 17.2. The van der Waals surface area contributed by atoms with Gasteiger partial charge in [-0.15, -0.1) is 0 Å². The van der Waals surface area contributed by atoms with Crippen LogP contribution in [0.5, 0.6) is 5.75 Å². The quantitative estimate of drug-likeness (QED) is 0.730. The Morgan fingerprint density at radius 2 is 2.17 bits per heavy atom. The summed E-state index contributed by atoms with van der Waals surface area (Å²) in [6.07, 6.45) is 2.96. The third-order valence-corrected chi connectivity index (χ3v) is 5.87. The second-order valence-corrected chi connectivity index (χ2v) is 8.25. The van der Waals surface area contributed by atoms with E-state index in [0.717, 1.165) is 25.3 Å². The predicted molar refractivity (Wildman–Crippen MR) is 86.7 cm³/mol. The van der Waals surface area contributed by atoms with E-state index in [-0.39, 0.29) is 29.1 Å². The van der Waals surface area contributed by atoms with Crippen molar-refractivity contribution in [3.05, 3.63) is 24.0 Å². The molecule has 0 bridgehead atoms. The summed E-state index contributed by atoms with van der Waals surface area (Å²) >= 11 is 0. The van der Waals surface area contributed by atoms with E-state index in [9.17, 15) is 12.8 Å². The van der Waals surface area contributed by atoms with E-state index in [1.807, 2.05) is 0 Å². The Hall–Kier alpha value is -1.22. The molecule has 1 heterocycles. The van der Waals surface area contributed by atoms with Crippen molar-refractivity contribution in [2.75, 3.05) is 26.4 Å². The maximum Gasteiger partial charge on any atom is 0.240 e. The van der Waals surface area contributed by atoms with Gasteiger partial charge in [-0.05, 0) is 43.4 Å². The fourth-order valence-corrected chi connectivity index (χ4v) is 3.75. The molecular formula is C16H23FN2O4S. The van der Waals surface area contributed by atoms with Crippen LogP contribution in [0.25, 0.3) is 0 Å². The number of sulfonamides is 1. The van der Waals surface area contributed by atoms with Crippen molar-refractivity contribution in [2.45, 2.75) is 30.2 Å². The highest BCUT2D eigenvalue weighted by Crippen LogP contribution is 2.31. The molecule has 3 rings (SSSR count). The van der Waals surface area contributed by atoms with Gasteiger partial charge in [0.2, 0.25) is 10.0 Å². The van der Waals surface area contributed by atoms with Gasteiger partial charge in [0.1, 0.15) is 0 Å². The number of benzene rings is 1. The van der Waals surface area contributed by atoms with Gasteiger partial charge in [0, 0.05) is 25.1 Å². The van der Waals surface area contributed by atoms with E-state index >= 15 is 0 Å². The van der Waals surface area contributed by atoms with E-state index in [1.165, 1.54) is 12.1 Å². The highest BCUT2D eigenvalue weighted by Gasteiger charge is 2.29. The van der Waals surface area contributed by atoms with E-state index in [4.69, 9.17) is 15.2 Å². The van der Waals surface area contributed by atoms with E-state index in [1.54, 1.807) is 0 Å². The van der Waals surface area contributed by atoms with Crippen LogP contribution in [0.1, 0.15) is 19.3 Å². The monoisotopic (exact) mass is 358 g/mol. The molecule has 24 heavy (non-hydrogen) atoms. The van der Waals surface area contributed by atoms with E-state index in [2.05, 4.69) is 4.72 Å². The summed E-state index contributed by atoms with van der Waals surface area (Å²) in [4.78, 5) is -0.125. The molecule has 0 spiro atoms. The summed E-state index contributed by atoms with van der Waals surface area (Å²) in [5.41, 5.74) is 5.89. The Balaban J connectivity index is 1.59. The first kappa shape index (κ1) is 17.6. The topological polar surface area (TPSA) is 90.7 Å². The van der Waals surface area contributed by atoms with Gasteiger partial charge >= 0.3 is 0 Å². The molecule has 0 radical (unpaired) electrons. The van der Waals surface area contributed by atoms with Crippen molar-refractivity contribution in [1.82, 2.24) is 4.72 Å². The number of halogens is 1. The molecule has 1 saturated heterocycles. The van der Waals surface area contributed by atoms with Crippen LogP contribution in [0.2, 0.25) is 0 Å². The second-order valence-electron chi connectivity index (χ2n) is 6.49. The molecule has 2 fully saturated rings. The molecule has 1 aliphatic heterocycles. The Kier molecular flexibility index (Phi) is 5.39. The molecule has 2 atom stereocenters. The fraction of sp³-hybridized carbons (Fsp3) is 0.625. The molecule has 0 amide bonds. The molecule has 1 aliphatic carbocycles. The first-order chi connectivity index (χ1) is 11.5. The van der Waals surface area contributed by atoms with Gasteiger partial charge in [0.15, 0.2) is 11.6 Å². The number of nitrogens with two attached hydrogens (primary N) is 1. The average molecular weight is 358 g/mol. The molecule has 2 aliphatic rings. The Morgan fingerprint density at radius 1 is 1.38 bits per heavy atom. The van der Waals surface area contributed by atoms with Gasteiger partial charge in [0.05, 0.1) is 18.1 Å². The number of rotatable bonds is 8. The number of hydrogen-bond acceptors (Lipinski definition) is 5. The Labute approximate surface area is 141 Å². The standard InChI is InChI=1S/C16H23FN2O4S/c17-14-7-13(24(20,21)19-8-15(18)12-1-2-12)3-4-16(14)23-10-11-5-6-22-9-11/h3-4,7,11-12,15,19H,1-2,5-6,8-10,18H2. The Bertz CT molecular complexity index is 673. The first-order valence-electron chi connectivity index (χ1n) is 8.21. The zero-order valence-corrected chi connectivity index (χ0v) is 14.2. The minimum atomic E-state index is -3.78. The Morgan fingerprint density at radius 3 is 2.79 bits per heavy atom. The summed E-state index contributed by atoms with van der Waals surface area (Å²) in [7, 11) is -3.78. The van der Waals surface area contributed by atoms with E-state index in [0.29, 0.717) is 25.7 Å². The van der Waals surface area contributed by atoms with Gasteiger partial charge in [-0.25, -0.2) is 17.5 Å². The minimum Gasteiger partial charge on any atom is -0.490 e. The van der Waals surface area contributed by atoms with Crippen molar-refractivity contribution in [3.8, 4) is 5.75 Å². The maximum absolute atomic E-state index is 14.1. The summed E-state index contributed by atoms with van der Waals surface area (Å²) in [6, 6.07) is 3.47. The number of ether oxygens (including phenoxy) is 2. The molecule has 1 aromatic carbocycles. The van der Waals surface area contributed by atoms with Gasteiger partial charge in [0.25, 0.3) is 0 Å². The SMILES string of the molecule is NC(CNS(=O)(=O)c1ccc(OCC2CCOC2)c(F)c1)C1CC1. The molecule has 1 saturated carbocycles. The third-order valence-electron chi connectivity index (χ3n) is 4.45. The molecule has 6 nitrogen and oxygen atoms in total. The van der Waals surface area contributed by atoms with Crippen LogP contribution in [0.4, 0.5) is 4.39 Å². The maximum atomic E-state index is 14.1. The number of nitrogens with one attached hydrogen (secondary N) is 1. The lowest BCUT2D eigenvalue weighted by Crippen LogP contribution is -2.38. The van der Waals surface area contributed by atoms with Crippen molar-refractivity contribution < 1.29 is 22.3 Å². The molecule has 134 valence electrons. The normalized spacial score (nSPS) is 22.5. The molecule has 3 N–H and O–H groups in total. The van der Waals surface area contributed by atoms with Crippen LogP contribution in [0.15, 0.2) is 23.1 Å². The van der Waals surface area contributed by atoms with Crippen LogP contribution in [-0.2, 0) is 14.8 Å². The average Bonchev–Trinajstić information content (AvgIpc) is 3.28. The van der Waals surface area contributed by atoms with Crippen LogP contribution < -0.4 is 15.2 Å². The summed E-state index contributed by atoms with van der Waals surface area (Å²) in [5, 5.41) is 0. The molecule has 1 aromatic rings.